The molecule has 0 unspecified atom stereocenters. The Bertz CT molecular complexity index is 853. The fraction of sp³-hybridized carbons (Fsp3) is 0.188. The molecule has 2 aromatic rings. The second-order valence-corrected chi connectivity index (χ2v) is 6.95. The van der Waals surface area contributed by atoms with Crippen LogP contribution in [0.2, 0.25) is 5.02 Å². The van der Waals surface area contributed by atoms with Gasteiger partial charge in [-0.1, -0.05) is 36.7 Å². The summed E-state index contributed by atoms with van der Waals surface area (Å²) in [5.74, 6) is -0.392. The van der Waals surface area contributed by atoms with Crippen molar-refractivity contribution in [2.24, 2.45) is 0 Å². The molecule has 0 aliphatic rings. The standard InChI is InChI=1S/C16H17ClN2O4S/c1-3-11-6-4-5-7-15(11)24(21,22)19-18-16(20)13-10-12(17)8-9-14(13)23-2/h4-10,19H,3H2,1-2H3,(H,18,20). The summed E-state index contributed by atoms with van der Waals surface area (Å²) in [6.45, 7) is 1.85. The number of hydrazine groups is 1. The summed E-state index contributed by atoms with van der Waals surface area (Å²) in [5, 5.41) is 0.333. The number of aryl methyl sites for hydroxylation is 1. The van der Waals surface area contributed by atoms with E-state index in [4.69, 9.17) is 16.3 Å². The minimum Gasteiger partial charge on any atom is -0.496 e. The highest BCUT2D eigenvalue weighted by Gasteiger charge is 2.20. The predicted octanol–water partition coefficient (Wildman–Crippen LogP) is 2.53. The van der Waals surface area contributed by atoms with E-state index in [1.54, 1.807) is 24.3 Å². The topological polar surface area (TPSA) is 84.5 Å². The molecule has 0 aromatic heterocycles. The summed E-state index contributed by atoms with van der Waals surface area (Å²) in [6, 6.07) is 11.1. The molecule has 2 N–H and O–H groups in total. The van der Waals surface area contributed by atoms with Crippen LogP contribution >= 0.6 is 11.6 Å². The number of hydrogen-bond donors (Lipinski definition) is 2. The summed E-state index contributed by atoms with van der Waals surface area (Å²) in [6.07, 6.45) is 0.549. The van der Waals surface area contributed by atoms with E-state index in [1.807, 2.05) is 6.92 Å². The van der Waals surface area contributed by atoms with Gasteiger partial charge in [-0.15, -0.1) is 4.83 Å². The van der Waals surface area contributed by atoms with Crippen LogP contribution in [0.5, 0.6) is 5.75 Å². The number of halogens is 1. The normalized spacial score (nSPS) is 11.1. The van der Waals surface area contributed by atoms with Crippen molar-refractivity contribution in [2.45, 2.75) is 18.2 Å². The molecule has 0 bridgehead atoms. The zero-order chi connectivity index (χ0) is 17.7. The Morgan fingerprint density at radius 1 is 1.21 bits per heavy atom. The van der Waals surface area contributed by atoms with Gasteiger partial charge in [-0.25, -0.2) is 8.42 Å². The van der Waals surface area contributed by atoms with Crippen molar-refractivity contribution in [3.8, 4) is 5.75 Å². The maximum Gasteiger partial charge on any atom is 0.270 e. The van der Waals surface area contributed by atoms with Gasteiger partial charge in [0.1, 0.15) is 5.75 Å². The van der Waals surface area contributed by atoms with Gasteiger partial charge in [-0.2, -0.15) is 0 Å². The van der Waals surface area contributed by atoms with Crippen molar-refractivity contribution in [1.29, 1.82) is 0 Å². The van der Waals surface area contributed by atoms with E-state index in [0.29, 0.717) is 17.0 Å². The fourth-order valence-corrected chi connectivity index (χ4v) is 3.48. The number of nitrogens with one attached hydrogen (secondary N) is 2. The van der Waals surface area contributed by atoms with Crippen molar-refractivity contribution in [3.05, 3.63) is 58.6 Å². The van der Waals surface area contributed by atoms with Crippen molar-refractivity contribution in [1.82, 2.24) is 10.3 Å². The molecular formula is C16H17ClN2O4S. The predicted molar refractivity (Wildman–Crippen MR) is 91.6 cm³/mol. The second-order valence-electron chi connectivity index (χ2n) is 4.87. The van der Waals surface area contributed by atoms with Crippen LogP contribution in [-0.2, 0) is 16.4 Å². The van der Waals surface area contributed by atoms with E-state index < -0.39 is 15.9 Å². The summed E-state index contributed by atoms with van der Waals surface area (Å²) in [4.78, 5) is 14.4. The molecule has 1 amide bonds. The zero-order valence-electron chi connectivity index (χ0n) is 13.2. The Morgan fingerprint density at radius 3 is 2.58 bits per heavy atom. The Hall–Kier alpha value is -2.09. The van der Waals surface area contributed by atoms with Gasteiger partial charge in [0, 0.05) is 5.02 Å². The largest absolute Gasteiger partial charge is 0.496 e. The van der Waals surface area contributed by atoms with E-state index in [1.165, 1.54) is 25.3 Å². The summed E-state index contributed by atoms with van der Waals surface area (Å²) < 4.78 is 29.8. The summed E-state index contributed by atoms with van der Waals surface area (Å²) >= 11 is 5.87. The van der Waals surface area contributed by atoms with Gasteiger partial charge in [0.15, 0.2) is 0 Å². The van der Waals surface area contributed by atoms with Crippen LogP contribution in [0.15, 0.2) is 47.4 Å². The molecule has 0 radical (unpaired) electrons. The molecule has 0 aliphatic carbocycles. The summed E-state index contributed by atoms with van der Waals surface area (Å²) in [7, 11) is -2.49. The van der Waals surface area contributed by atoms with Gasteiger partial charge >= 0.3 is 0 Å². The first-order valence-corrected chi connectivity index (χ1v) is 8.98. The second kappa shape index (κ2) is 7.65. The summed E-state index contributed by atoms with van der Waals surface area (Å²) in [5.41, 5.74) is 2.95. The highest BCUT2D eigenvalue weighted by molar-refractivity contribution is 7.89. The van der Waals surface area contributed by atoms with Crippen LogP contribution in [-0.4, -0.2) is 21.4 Å². The molecule has 8 heteroatoms. The third kappa shape index (κ3) is 4.05. The molecule has 24 heavy (non-hydrogen) atoms. The monoisotopic (exact) mass is 368 g/mol. The van der Waals surface area contributed by atoms with Crippen LogP contribution in [0.1, 0.15) is 22.8 Å². The SMILES string of the molecule is CCc1ccccc1S(=O)(=O)NNC(=O)c1cc(Cl)ccc1OC. The maximum atomic E-state index is 12.4. The Kier molecular flexibility index (Phi) is 5.82. The maximum absolute atomic E-state index is 12.4. The molecule has 6 nitrogen and oxygen atoms in total. The molecule has 0 atom stereocenters. The van der Waals surface area contributed by atoms with E-state index in [9.17, 15) is 13.2 Å². The quantitative estimate of drug-likeness (QED) is 0.767. The Morgan fingerprint density at radius 2 is 1.92 bits per heavy atom. The fourth-order valence-electron chi connectivity index (χ4n) is 2.15. The van der Waals surface area contributed by atoms with Crippen LogP contribution in [0, 0.1) is 0 Å². The van der Waals surface area contributed by atoms with Gasteiger partial charge in [0.05, 0.1) is 17.6 Å². The molecule has 0 saturated heterocycles. The Balaban J connectivity index is 2.21. The van der Waals surface area contributed by atoms with Crippen molar-refractivity contribution in [2.75, 3.05) is 7.11 Å². The number of ether oxygens (including phenoxy) is 1. The van der Waals surface area contributed by atoms with Gasteiger partial charge in [0.2, 0.25) is 0 Å². The van der Waals surface area contributed by atoms with E-state index in [-0.39, 0.29) is 16.2 Å². The van der Waals surface area contributed by atoms with E-state index in [0.717, 1.165) is 0 Å². The van der Waals surface area contributed by atoms with Crippen LogP contribution in [0.25, 0.3) is 0 Å². The van der Waals surface area contributed by atoms with Crippen molar-refractivity contribution in [3.63, 3.8) is 0 Å². The average molecular weight is 369 g/mol. The van der Waals surface area contributed by atoms with E-state index in [2.05, 4.69) is 10.3 Å². The lowest BCUT2D eigenvalue weighted by Crippen LogP contribution is -2.41. The molecule has 2 aromatic carbocycles. The molecular weight excluding hydrogens is 352 g/mol. The number of methoxy groups -OCH3 is 1. The highest BCUT2D eigenvalue weighted by atomic mass is 35.5. The first-order valence-electron chi connectivity index (χ1n) is 7.12. The first kappa shape index (κ1) is 18.3. The minimum absolute atomic E-state index is 0.117. The molecule has 128 valence electrons. The molecule has 0 heterocycles. The van der Waals surface area contributed by atoms with Crippen molar-refractivity contribution < 1.29 is 17.9 Å². The number of hydrogen-bond acceptors (Lipinski definition) is 4. The lowest BCUT2D eigenvalue weighted by Gasteiger charge is -2.13. The molecule has 0 aliphatic heterocycles. The number of carbonyl (C=O) groups excluding carboxylic acids is 1. The number of rotatable bonds is 6. The zero-order valence-corrected chi connectivity index (χ0v) is 14.7. The highest BCUT2D eigenvalue weighted by Crippen LogP contribution is 2.22. The average Bonchev–Trinajstić information content (AvgIpc) is 2.59. The van der Waals surface area contributed by atoms with Gasteiger partial charge in [-0.3, -0.25) is 10.2 Å². The van der Waals surface area contributed by atoms with Gasteiger partial charge in [0.25, 0.3) is 15.9 Å². The molecule has 0 spiro atoms. The molecule has 2 rings (SSSR count). The number of amides is 1. The van der Waals surface area contributed by atoms with Gasteiger partial charge in [-0.05, 0) is 36.2 Å². The number of sulfonamides is 1. The first-order chi connectivity index (χ1) is 11.4. The van der Waals surface area contributed by atoms with Crippen LogP contribution in [0.4, 0.5) is 0 Å². The minimum atomic E-state index is -3.89. The lowest BCUT2D eigenvalue weighted by atomic mass is 10.2. The number of benzene rings is 2. The number of carbonyl (C=O) groups is 1. The molecule has 0 fully saturated rings. The van der Waals surface area contributed by atoms with E-state index >= 15 is 0 Å². The smallest absolute Gasteiger partial charge is 0.270 e. The van der Waals surface area contributed by atoms with Crippen molar-refractivity contribution >= 4 is 27.5 Å². The third-order valence-electron chi connectivity index (χ3n) is 3.35. The van der Waals surface area contributed by atoms with Crippen LogP contribution in [0.3, 0.4) is 0 Å². The lowest BCUT2D eigenvalue weighted by molar-refractivity contribution is 0.0942. The third-order valence-corrected chi connectivity index (χ3v) is 4.93. The van der Waals surface area contributed by atoms with Gasteiger partial charge < -0.3 is 4.74 Å². The molecule has 0 saturated carbocycles. The Labute approximate surface area is 145 Å². The van der Waals surface area contributed by atoms with Crippen LogP contribution < -0.4 is 15.0 Å².